The molecule has 2 fully saturated rings. The van der Waals surface area contributed by atoms with Crippen LogP contribution in [-0.2, 0) is 0 Å². The van der Waals surface area contributed by atoms with Crippen LogP contribution < -0.4 is 10.5 Å². The quantitative estimate of drug-likeness (QED) is 0.878. The lowest BCUT2D eigenvalue weighted by Gasteiger charge is -2.32. The Labute approximate surface area is 157 Å². The van der Waals surface area contributed by atoms with Crippen LogP contribution in [0.2, 0.25) is 0 Å². The SMILES string of the molecule is N[C@H]1C[C@H](c2nnc(-c3ccc(OC4CC4)cn3)n2C2=CC=CCC2F)C1. The van der Waals surface area contributed by atoms with Gasteiger partial charge in [-0.15, -0.1) is 10.2 Å². The van der Waals surface area contributed by atoms with Crippen molar-refractivity contribution in [2.75, 3.05) is 0 Å². The minimum atomic E-state index is -1.09. The van der Waals surface area contributed by atoms with Crippen molar-refractivity contribution >= 4 is 5.70 Å². The summed E-state index contributed by atoms with van der Waals surface area (Å²) in [7, 11) is 0. The Kier molecular flexibility index (Phi) is 4.04. The van der Waals surface area contributed by atoms with E-state index in [-0.39, 0.29) is 12.0 Å². The van der Waals surface area contributed by atoms with E-state index in [1.807, 2.05) is 28.9 Å². The summed E-state index contributed by atoms with van der Waals surface area (Å²) in [6.45, 7) is 0. The summed E-state index contributed by atoms with van der Waals surface area (Å²) in [5, 5.41) is 8.76. The van der Waals surface area contributed by atoms with Gasteiger partial charge in [-0.25, -0.2) is 9.37 Å². The molecule has 2 saturated carbocycles. The van der Waals surface area contributed by atoms with Crippen molar-refractivity contribution in [1.29, 1.82) is 0 Å². The van der Waals surface area contributed by atoms with Crippen molar-refractivity contribution < 1.29 is 9.13 Å². The Bertz CT molecular complexity index is 894. The molecule has 0 spiro atoms. The van der Waals surface area contributed by atoms with Crippen LogP contribution in [0.1, 0.15) is 43.8 Å². The Hall–Kier alpha value is -2.54. The average Bonchev–Trinajstić information content (AvgIpc) is 3.36. The molecule has 7 heteroatoms. The summed E-state index contributed by atoms with van der Waals surface area (Å²) < 4.78 is 22.3. The van der Waals surface area contributed by atoms with Crippen molar-refractivity contribution in [3.05, 3.63) is 42.4 Å². The van der Waals surface area contributed by atoms with Crippen molar-refractivity contribution in [1.82, 2.24) is 19.7 Å². The van der Waals surface area contributed by atoms with E-state index < -0.39 is 6.17 Å². The number of allylic oxidation sites excluding steroid dienone is 4. The number of rotatable bonds is 5. The van der Waals surface area contributed by atoms with Gasteiger partial charge in [0.05, 0.1) is 18.0 Å². The Morgan fingerprint density at radius 1 is 1.19 bits per heavy atom. The summed E-state index contributed by atoms with van der Waals surface area (Å²) in [6.07, 6.45) is 10.7. The predicted molar refractivity (Wildman–Crippen MR) is 99.8 cm³/mol. The molecule has 0 saturated heterocycles. The molecule has 3 aliphatic rings. The third-order valence-electron chi connectivity index (χ3n) is 5.35. The smallest absolute Gasteiger partial charge is 0.187 e. The fraction of sp³-hybridized carbons (Fsp3) is 0.450. The highest BCUT2D eigenvalue weighted by atomic mass is 19.1. The van der Waals surface area contributed by atoms with E-state index in [1.54, 1.807) is 12.3 Å². The Balaban J connectivity index is 1.53. The number of nitrogens with two attached hydrogens (primary N) is 1. The molecule has 6 nitrogen and oxygen atoms in total. The fourth-order valence-corrected chi connectivity index (χ4v) is 3.62. The molecule has 0 radical (unpaired) electrons. The largest absolute Gasteiger partial charge is 0.489 e. The number of alkyl halides is 1. The highest BCUT2D eigenvalue weighted by Crippen LogP contribution is 2.39. The molecule has 2 aromatic rings. The molecular formula is C20H22FN5O. The molecule has 0 amide bonds. The second kappa shape index (κ2) is 6.56. The van der Waals surface area contributed by atoms with Crippen molar-refractivity contribution in [3.63, 3.8) is 0 Å². The first-order chi connectivity index (χ1) is 13.2. The fourth-order valence-electron chi connectivity index (χ4n) is 3.62. The number of nitrogens with zero attached hydrogens (tertiary/aromatic N) is 4. The second-order valence-corrected chi connectivity index (χ2v) is 7.56. The molecule has 1 unspecified atom stereocenters. The zero-order valence-corrected chi connectivity index (χ0v) is 15.0. The van der Waals surface area contributed by atoms with Crippen LogP contribution in [0, 0.1) is 0 Å². The Morgan fingerprint density at radius 2 is 2.04 bits per heavy atom. The summed E-state index contributed by atoms with van der Waals surface area (Å²) in [4.78, 5) is 4.50. The van der Waals surface area contributed by atoms with E-state index in [2.05, 4.69) is 15.2 Å². The molecule has 0 aromatic carbocycles. The van der Waals surface area contributed by atoms with Gasteiger partial charge in [0.25, 0.3) is 0 Å². The summed E-state index contributed by atoms with van der Waals surface area (Å²) in [5.41, 5.74) is 7.18. The van der Waals surface area contributed by atoms with Gasteiger partial charge in [-0.05, 0) is 43.9 Å². The molecule has 2 N–H and O–H groups in total. The van der Waals surface area contributed by atoms with Gasteiger partial charge < -0.3 is 10.5 Å². The standard InChI is InChI=1S/C20H22FN5O/c21-16-3-1-2-4-18(16)26-19(12-9-13(22)10-12)24-25-20(26)17-8-7-15(11-23-17)27-14-5-6-14/h1-2,4,7-8,11-14,16H,3,5-6,9-10,22H2/t12-,13-,16?. The lowest BCUT2D eigenvalue weighted by atomic mass is 9.80. The average molecular weight is 367 g/mol. The maximum absolute atomic E-state index is 14.7. The van der Waals surface area contributed by atoms with Gasteiger partial charge in [-0.3, -0.25) is 4.57 Å². The molecule has 3 aliphatic carbocycles. The van der Waals surface area contributed by atoms with Crippen molar-refractivity contribution in [2.45, 2.75) is 56.3 Å². The van der Waals surface area contributed by atoms with E-state index in [0.717, 1.165) is 37.3 Å². The van der Waals surface area contributed by atoms with Gasteiger partial charge in [0, 0.05) is 18.4 Å². The minimum Gasteiger partial charge on any atom is -0.489 e. The van der Waals surface area contributed by atoms with E-state index >= 15 is 0 Å². The zero-order chi connectivity index (χ0) is 18.4. The van der Waals surface area contributed by atoms with Crippen LogP contribution in [0.4, 0.5) is 4.39 Å². The molecule has 2 aromatic heterocycles. The first-order valence-electron chi connectivity index (χ1n) is 9.54. The van der Waals surface area contributed by atoms with Crippen LogP contribution >= 0.6 is 0 Å². The van der Waals surface area contributed by atoms with E-state index in [9.17, 15) is 4.39 Å². The minimum absolute atomic E-state index is 0.182. The lowest BCUT2D eigenvalue weighted by molar-refractivity contribution is 0.302. The first-order valence-corrected chi connectivity index (χ1v) is 9.54. The van der Waals surface area contributed by atoms with E-state index in [4.69, 9.17) is 10.5 Å². The zero-order valence-electron chi connectivity index (χ0n) is 15.0. The molecule has 2 heterocycles. The van der Waals surface area contributed by atoms with Gasteiger partial charge in [0.2, 0.25) is 0 Å². The lowest BCUT2D eigenvalue weighted by Crippen LogP contribution is -2.36. The molecule has 0 aliphatic heterocycles. The maximum atomic E-state index is 14.7. The maximum Gasteiger partial charge on any atom is 0.187 e. The molecule has 140 valence electrons. The third-order valence-corrected chi connectivity index (χ3v) is 5.35. The van der Waals surface area contributed by atoms with Gasteiger partial charge in [-0.1, -0.05) is 12.2 Å². The molecule has 27 heavy (non-hydrogen) atoms. The number of aromatic nitrogens is 4. The number of hydrogen-bond acceptors (Lipinski definition) is 5. The predicted octanol–water partition coefficient (Wildman–Crippen LogP) is 3.22. The van der Waals surface area contributed by atoms with Crippen LogP contribution in [-0.4, -0.2) is 38.1 Å². The number of halogens is 1. The number of hydrogen-bond donors (Lipinski definition) is 1. The van der Waals surface area contributed by atoms with Crippen LogP contribution in [0.5, 0.6) is 5.75 Å². The molecule has 0 bridgehead atoms. The Morgan fingerprint density at radius 3 is 2.70 bits per heavy atom. The monoisotopic (exact) mass is 367 g/mol. The highest BCUT2D eigenvalue weighted by Gasteiger charge is 2.35. The van der Waals surface area contributed by atoms with Crippen LogP contribution in [0.15, 0.2) is 36.6 Å². The van der Waals surface area contributed by atoms with E-state index in [1.165, 1.54) is 0 Å². The number of pyridine rings is 1. The normalized spacial score (nSPS) is 27.2. The topological polar surface area (TPSA) is 78.8 Å². The van der Waals surface area contributed by atoms with Crippen molar-refractivity contribution in [2.24, 2.45) is 5.73 Å². The van der Waals surface area contributed by atoms with E-state index in [0.29, 0.717) is 29.7 Å². The van der Waals surface area contributed by atoms with Gasteiger partial charge in [0.15, 0.2) is 5.82 Å². The summed E-state index contributed by atoms with van der Waals surface area (Å²) >= 11 is 0. The van der Waals surface area contributed by atoms with Crippen molar-refractivity contribution in [3.8, 4) is 17.3 Å². The molecule has 1 atom stereocenters. The van der Waals surface area contributed by atoms with Gasteiger partial charge in [-0.2, -0.15) is 0 Å². The number of ether oxygens (including phenoxy) is 1. The van der Waals surface area contributed by atoms with Gasteiger partial charge >= 0.3 is 0 Å². The van der Waals surface area contributed by atoms with Gasteiger partial charge in [0.1, 0.15) is 23.4 Å². The molecule has 5 rings (SSSR count). The molecular weight excluding hydrogens is 345 g/mol. The summed E-state index contributed by atoms with van der Waals surface area (Å²) in [5.74, 6) is 2.29. The second-order valence-electron chi connectivity index (χ2n) is 7.56. The van der Waals surface area contributed by atoms with Crippen LogP contribution in [0.3, 0.4) is 0 Å². The third kappa shape index (κ3) is 3.16. The van der Waals surface area contributed by atoms with Crippen LogP contribution in [0.25, 0.3) is 17.2 Å². The first kappa shape index (κ1) is 16.6. The highest BCUT2D eigenvalue weighted by molar-refractivity contribution is 5.64. The summed E-state index contributed by atoms with van der Waals surface area (Å²) in [6, 6.07) is 3.93.